The lowest BCUT2D eigenvalue weighted by atomic mass is 10.0. The smallest absolute Gasteiger partial charge is 0.410 e. The number of ether oxygens (including phenoxy) is 2. The van der Waals surface area contributed by atoms with E-state index in [1.165, 1.54) is 26.3 Å². The Kier molecular flexibility index (Phi) is 7.88. The average Bonchev–Trinajstić information content (AvgIpc) is 2.81. The lowest BCUT2D eigenvalue weighted by molar-refractivity contribution is -0.0757. The highest BCUT2D eigenvalue weighted by molar-refractivity contribution is 5.93. The van der Waals surface area contributed by atoms with E-state index >= 15 is 0 Å². The number of rotatable bonds is 6. The van der Waals surface area contributed by atoms with E-state index in [4.69, 9.17) is 14.3 Å². The quantitative estimate of drug-likeness (QED) is 0.579. The molecule has 0 bridgehead atoms. The van der Waals surface area contributed by atoms with Crippen molar-refractivity contribution < 1.29 is 28.3 Å². The van der Waals surface area contributed by atoms with Gasteiger partial charge >= 0.3 is 6.09 Å². The van der Waals surface area contributed by atoms with Crippen molar-refractivity contribution >= 4 is 17.6 Å². The van der Waals surface area contributed by atoms with E-state index < -0.39 is 17.3 Å². The monoisotopic (exact) mass is 471 g/mol. The molecule has 0 radical (unpaired) electrons. The molecule has 8 nitrogen and oxygen atoms in total. The fourth-order valence-corrected chi connectivity index (χ4v) is 3.28. The lowest BCUT2D eigenvalue weighted by Crippen LogP contribution is -2.39. The third-order valence-electron chi connectivity index (χ3n) is 5.15. The van der Waals surface area contributed by atoms with Gasteiger partial charge in [0.25, 0.3) is 5.91 Å². The number of carbonyl (C=O) groups is 2. The van der Waals surface area contributed by atoms with E-state index in [2.05, 4.69) is 4.98 Å². The van der Waals surface area contributed by atoms with Crippen LogP contribution in [-0.2, 0) is 16.2 Å². The molecular weight excluding hydrogens is 441 g/mol. The Hall–Kier alpha value is -3.46. The standard InChI is InChI=1S/C25H30FN3O5/c1-25(2,3)34-24(31)29-13-11-17(12-14-29)21-7-6-8-22(27-21)33-16-19-10-9-18(15-20(19)26)23(30)28(4)32-5/h6-11,15H,12-14,16H2,1-5H3. The van der Waals surface area contributed by atoms with Crippen molar-refractivity contribution in [2.24, 2.45) is 0 Å². The number of halogens is 1. The normalized spacial score (nSPS) is 13.8. The SMILES string of the molecule is CON(C)C(=O)c1ccc(COc2cccc(C3=CCN(C(=O)OC(C)(C)C)CC3)n2)c(F)c1. The Morgan fingerprint density at radius 1 is 1.21 bits per heavy atom. The molecule has 3 rings (SSSR count). The van der Waals surface area contributed by atoms with Gasteiger partial charge in [0, 0.05) is 37.3 Å². The molecule has 0 saturated carbocycles. The largest absolute Gasteiger partial charge is 0.473 e. The summed E-state index contributed by atoms with van der Waals surface area (Å²) in [6.07, 6.45) is 2.25. The van der Waals surface area contributed by atoms with Crippen LogP contribution in [0.3, 0.4) is 0 Å². The van der Waals surface area contributed by atoms with Crippen LogP contribution in [0.5, 0.6) is 5.88 Å². The highest BCUT2D eigenvalue weighted by Crippen LogP contribution is 2.24. The second kappa shape index (κ2) is 10.6. The van der Waals surface area contributed by atoms with Crippen LogP contribution in [0.25, 0.3) is 5.57 Å². The summed E-state index contributed by atoms with van der Waals surface area (Å²) in [5, 5.41) is 1.02. The number of nitrogens with zero attached hydrogens (tertiary/aromatic N) is 3. The molecule has 1 aliphatic heterocycles. The lowest BCUT2D eigenvalue weighted by Gasteiger charge is -2.29. The molecule has 9 heteroatoms. The summed E-state index contributed by atoms with van der Waals surface area (Å²) < 4.78 is 25.6. The van der Waals surface area contributed by atoms with Crippen molar-refractivity contribution in [3.05, 3.63) is 65.1 Å². The van der Waals surface area contributed by atoms with E-state index in [0.717, 1.165) is 22.4 Å². The third kappa shape index (κ3) is 6.54. The molecule has 0 fully saturated rings. The maximum atomic E-state index is 14.5. The zero-order valence-corrected chi connectivity index (χ0v) is 20.1. The molecule has 0 spiro atoms. The van der Waals surface area contributed by atoms with Gasteiger partial charge in [-0.3, -0.25) is 9.63 Å². The van der Waals surface area contributed by atoms with Crippen molar-refractivity contribution in [3.8, 4) is 5.88 Å². The first-order valence-corrected chi connectivity index (χ1v) is 10.9. The average molecular weight is 472 g/mol. The van der Waals surface area contributed by atoms with Crippen molar-refractivity contribution in [1.82, 2.24) is 14.9 Å². The minimum absolute atomic E-state index is 0.0393. The van der Waals surface area contributed by atoms with Crippen LogP contribution in [0, 0.1) is 5.82 Å². The summed E-state index contributed by atoms with van der Waals surface area (Å²) in [6, 6.07) is 9.57. The number of hydrogen-bond donors (Lipinski definition) is 0. The molecule has 2 heterocycles. The fourth-order valence-electron chi connectivity index (χ4n) is 3.28. The summed E-state index contributed by atoms with van der Waals surface area (Å²) in [5.41, 5.74) is 1.68. The third-order valence-corrected chi connectivity index (χ3v) is 5.15. The van der Waals surface area contributed by atoms with Gasteiger partial charge in [0.1, 0.15) is 18.0 Å². The van der Waals surface area contributed by atoms with Gasteiger partial charge in [0.15, 0.2) is 0 Å². The van der Waals surface area contributed by atoms with Gasteiger partial charge < -0.3 is 14.4 Å². The Morgan fingerprint density at radius 2 is 1.97 bits per heavy atom. The summed E-state index contributed by atoms with van der Waals surface area (Å²) >= 11 is 0. The maximum absolute atomic E-state index is 14.5. The van der Waals surface area contributed by atoms with Crippen LogP contribution in [-0.4, -0.2) is 59.8 Å². The van der Waals surface area contributed by atoms with Crippen molar-refractivity contribution in [1.29, 1.82) is 0 Å². The van der Waals surface area contributed by atoms with Gasteiger partial charge in [-0.1, -0.05) is 18.2 Å². The number of hydrogen-bond acceptors (Lipinski definition) is 6. The minimum Gasteiger partial charge on any atom is -0.473 e. The van der Waals surface area contributed by atoms with E-state index in [0.29, 0.717) is 31.0 Å². The summed E-state index contributed by atoms with van der Waals surface area (Å²) in [6.45, 7) is 6.44. The predicted molar refractivity (Wildman–Crippen MR) is 124 cm³/mol. The van der Waals surface area contributed by atoms with Gasteiger partial charge in [-0.15, -0.1) is 0 Å². The molecule has 0 N–H and O–H groups in total. The minimum atomic E-state index is -0.552. The number of benzene rings is 1. The molecule has 0 aliphatic carbocycles. The van der Waals surface area contributed by atoms with Gasteiger partial charge in [0.05, 0.1) is 12.8 Å². The Balaban J connectivity index is 1.62. The first kappa shape index (κ1) is 25.2. The maximum Gasteiger partial charge on any atom is 0.410 e. The van der Waals surface area contributed by atoms with Gasteiger partial charge in [-0.05, 0) is 51.0 Å². The molecular formula is C25H30FN3O5. The first-order valence-electron chi connectivity index (χ1n) is 10.9. The Bertz CT molecular complexity index is 1080. The topological polar surface area (TPSA) is 81.2 Å². The zero-order chi connectivity index (χ0) is 24.9. The van der Waals surface area contributed by atoms with E-state index in [1.807, 2.05) is 39.0 Å². The van der Waals surface area contributed by atoms with Crippen LogP contribution < -0.4 is 4.74 Å². The van der Waals surface area contributed by atoms with Crippen LogP contribution in [0.1, 0.15) is 48.8 Å². The second-order valence-corrected chi connectivity index (χ2v) is 8.85. The molecule has 1 aliphatic rings. The van der Waals surface area contributed by atoms with E-state index in [9.17, 15) is 14.0 Å². The van der Waals surface area contributed by atoms with E-state index in [1.54, 1.807) is 11.0 Å². The van der Waals surface area contributed by atoms with Crippen molar-refractivity contribution in [2.75, 3.05) is 27.2 Å². The summed E-state index contributed by atoms with van der Waals surface area (Å²) in [7, 11) is 2.81. The van der Waals surface area contributed by atoms with Crippen molar-refractivity contribution in [2.45, 2.75) is 39.4 Å². The number of carbonyl (C=O) groups excluding carboxylic acids is 2. The molecule has 2 amide bonds. The van der Waals surface area contributed by atoms with Gasteiger partial charge in [-0.25, -0.2) is 19.2 Å². The molecule has 2 aromatic rings. The fraction of sp³-hybridized carbons (Fsp3) is 0.400. The van der Waals surface area contributed by atoms with Crippen LogP contribution in [0.4, 0.5) is 9.18 Å². The molecule has 182 valence electrons. The predicted octanol–water partition coefficient (Wildman–Crippen LogP) is 4.46. The summed E-state index contributed by atoms with van der Waals surface area (Å²) in [5.74, 6) is -0.649. The number of hydroxylamine groups is 2. The Labute approximate surface area is 198 Å². The molecule has 1 aromatic carbocycles. The molecule has 34 heavy (non-hydrogen) atoms. The molecule has 1 aromatic heterocycles. The molecule has 0 saturated heterocycles. The van der Waals surface area contributed by atoms with E-state index in [-0.39, 0.29) is 18.3 Å². The summed E-state index contributed by atoms with van der Waals surface area (Å²) in [4.78, 5) is 35.3. The number of amides is 2. The van der Waals surface area contributed by atoms with Crippen molar-refractivity contribution in [3.63, 3.8) is 0 Å². The number of aromatic nitrogens is 1. The first-order chi connectivity index (χ1) is 16.1. The van der Waals surface area contributed by atoms with Gasteiger partial charge in [-0.2, -0.15) is 0 Å². The second-order valence-electron chi connectivity index (χ2n) is 8.85. The molecule has 0 unspecified atom stereocenters. The van der Waals surface area contributed by atoms with Gasteiger partial charge in [0.2, 0.25) is 5.88 Å². The van der Waals surface area contributed by atoms with Crippen LogP contribution >= 0.6 is 0 Å². The number of pyridine rings is 1. The zero-order valence-electron chi connectivity index (χ0n) is 20.1. The highest BCUT2D eigenvalue weighted by atomic mass is 19.1. The molecule has 0 atom stereocenters. The highest BCUT2D eigenvalue weighted by Gasteiger charge is 2.24. The van der Waals surface area contributed by atoms with Crippen LogP contribution in [0.2, 0.25) is 0 Å². The van der Waals surface area contributed by atoms with Crippen LogP contribution in [0.15, 0.2) is 42.5 Å². The Morgan fingerprint density at radius 3 is 2.59 bits per heavy atom.